The van der Waals surface area contributed by atoms with E-state index in [1.54, 1.807) is 18.2 Å². The van der Waals surface area contributed by atoms with E-state index in [-0.39, 0.29) is 18.8 Å². The van der Waals surface area contributed by atoms with Gasteiger partial charge >= 0.3 is 0 Å². The monoisotopic (exact) mass is 396 g/mol. The molecule has 8 heteroatoms. The second kappa shape index (κ2) is 7.93. The third-order valence-electron chi connectivity index (χ3n) is 4.28. The maximum Gasteiger partial charge on any atom is 0.275 e. The van der Waals surface area contributed by atoms with Crippen LogP contribution in [-0.2, 0) is 11.3 Å². The van der Waals surface area contributed by atoms with Crippen molar-refractivity contribution in [2.75, 3.05) is 6.61 Å². The highest BCUT2D eigenvalue weighted by Gasteiger charge is 2.15. The molecule has 1 unspecified atom stereocenters. The fourth-order valence-electron chi connectivity index (χ4n) is 2.89. The molecule has 1 atom stereocenters. The zero-order chi connectivity index (χ0) is 19.5. The average Bonchev–Trinajstić information content (AvgIpc) is 3.15. The van der Waals surface area contributed by atoms with Crippen molar-refractivity contribution in [1.82, 2.24) is 19.6 Å². The molecule has 0 aliphatic rings. The number of benzene rings is 2. The minimum atomic E-state index is -0.605. The third-order valence-corrected chi connectivity index (χ3v) is 4.62. The van der Waals surface area contributed by atoms with Crippen molar-refractivity contribution >= 4 is 17.4 Å². The van der Waals surface area contributed by atoms with Gasteiger partial charge in [0.25, 0.3) is 5.56 Å². The molecule has 2 N–H and O–H groups in total. The first kappa shape index (κ1) is 18.4. The van der Waals surface area contributed by atoms with Crippen LogP contribution in [0.15, 0.2) is 65.5 Å². The Kier molecular flexibility index (Phi) is 5.21. The summed E-state index contributed by atoms with van der Waals surface area (Å²) in [5, 5.41) is 14.4. The van der Waals surface area contributed by atoms with Gasteiger partial charge in [0.15, 0.2) is 5.82 Å². The molecule has 0 spiro atoms. The van der Waals surface area contributed by atoms with Crippen LogP contribution in [-0.4, -0.2) is 31.3 Å². The van der Waals surface area contributed by atoms with Gasteiger partial charge in [-0.2, -0.15) is 9.50 Å². The Balaban J connectivity index is 1.59. The summed E-state index contributed by atoms with van der Waals surface area (Å²) >= 11 is 6.17. The molecule has 7 nitrogen and oxygen atoms in total. The van der Waals surface area contributed by atoms with Crippen LogP contribution in [0.4, 0.5) is 0 Å². The molecule has 28 heavy (non-hydrogen) atoms. The number of aliphatic hydroxyl groups excluding tert-OH is 1. The first-order chi connectivity index (χ1) is 13.7. The highest BCUT2D eigenvalue weighted by molar-refractivity contribution is 6.31. The summed E-state index contributed by atoms with van der Waals surface area (Å²) in [5.41, 5.74) is 1.70. The lowest BCUT2D eigenvalue weighted by atomic mass is 10.1. The van der Waals surface area contributed by atoms with Crippen LogP contribution < -0.4 is 5.56 Å². The van der Waals surface area contributed by atoms with Gasteiger partial charge in [-0.1, -0.05) is 60.1 Å². The van der Waals surface area contributed by atoms with Crippen molar-refractivity contribution in [1.29, 1.82) is 0 Å². The second-order valence-corrected chi connectivity index (χ2v) is 6.58. The van der Waals surface area contributed by atoms with Crippen molar-refractivity contribution in [2.24, 2.45) is 0 Å². The minimum absolute atomic E-state index is 0.0791. The number of aromatic nitrogens is 4. The van der Waals surface area contributed by atoms with Gasteiger partial charge in [0.05, 0.1) is 13.2 Å². The van der Waals surface area contributed by atoms with Gasteiger partial charge in [-0.05, 0) is 6.07 Å². The number of nitrogens with zero attached hydrogens (tertiary/aromatic N) is 3. The van der Waals surface area contributed by atoms with E-state index in [9.17, 15) is 9.90 Å². The standard InChI is InChI=1S/C20H17ClN4O3/c21-16-9-5-4-8-15(16)17(11-26)28-12-14-10-18(27)25-20(22-14)23-19(24-25)13-6-2-1-3-7-13/h1-10,17,26H,11-12H2,(H,22,23,24). The molecule has 0 radical (unpaired) electrons. The number of halogens is 1. The number of H-pyrrole nitrogens is 1. The largest absolute Gasteiger partial charge is 0.393 e. The van der Waals surface area contributed by atoms with Crippen molar-refractivity contribution in [3.05, 3.63) is 87.3 Å². The normalized spacial score (nSPS) is 12.4. The van der Waals surface area contributed by atoms with Gasteiger partial charge in [-0.25, -0.2) is 0 Å². The Hall–Kier alpha value is -3.00. The summed E-state index contributed by atoms with van der Waals surface area (Å²) in [6.45, 7) is -0.158. The number of aliphatic hydroxyl groups is 1. The van der Waals surface area contributed by atoms with E-state index in [1.807, 2.05) is 36.4 Å². The van der Waals surface area contributed by atoms with Crippen LogP contribution in [0.3, 0.4) is 0 Å². The molecule has 4 aromatic rings. The SMILES string of the molecule is O=c1cc(COC(CO)c2ccccc2Cl)[nH]c2nc(-c3ccccc3)nn12. The summed E-state index contributed by atoms with van der Waals surface area (Å²) in [7, 11) is 0. The number of ether oxygens (including phenoxy) is 1. The Morgan fingerprint density at radius 1 is 1.14 bits per heavy atom. The molecule has 0 saturated heterocycles. The summed E-state index contributed by atoms with van der Waals surface area (Å²) in [6, 6.07) is 18.0. The first-order valence-electron chi connectivity index (χ1n) is 8.67. The van der Waals surface area contributed by atoms with Crippen LogP contribution in [0.5, 0.6) is 0 Å². The van der Waals surface area contributed by atoms with E-state index in [1.165, 1.54) is 10.6 Å². The van der Waals surface area contributed by atoms with E-state index in [2.05, 4.69) is 15.1 Å². The zero-order valence-electron chi connectivity index (χ0n) is 14.7. The van der Waals surface area contributed by atoms with E-state index in [4.69, 9.17) is 16.3 Å². The van der Waals surface area contributed by atoms with Gasteiger partial charge in [0.1, 0.15) is 6.10 Å². The Morgan fingerprint density at radius 3 is 2.64 bits per heavy atom. The second-order valence-electron chi connectivity index (χ2n) is 6.17. The summed E-state index contributed by atoms with van der Waals surface area (Å²) < 4.78 is 6.99. The molecular formula is C20H17ClN4O3. The van der Waals surface area contributed by atoms with Gasteiger partial charge < -0.3 is 14.8 Å². The molecule has 0 saturated carbocycles. The third kappa shape index (κ3) is 3.68. The lowest BCUT2D eigenvalue weighted by molar-refractivity contribution is -0.000241. The van der Waals surface area contributed by atoms with E-state index >= 15 is 0 Å². The van der Waals surface area contributed by atoms with Crippen molar-refractivity contribution in [3.63, 3.8) is 0 Å². The van der Waals surface area contributed by atoms with Crippen LogP contribution in [0, 0.1) is 0 Å². The predicted molar refractivity (Wildman–Crippen MR) is 105 cm³/mol. The minimum Gasteiger partial charge on any atom is -0.393 e. The molecule has 2 aromatic carbocycles. The predicted octanol–water partition coefficient (Wildman–Crippen LogP) is 2.99. The molecular weight excluding hydrogens is 380 g/mol. The van der Waals surface area contributed by atoms with E-state index < -0.39 is 6.10 Å². The van der Waals surface area contributed by atoms with Gasteiger partial charge in [-0.3, -0.25) is 4.79 Å². The Bertz CT molecular complexity index is 1160. The fraction of sp³-hybridized carbons (Fsp3) is 0.150. The van der Waals surface area contributed by atoms with E-state index in [0.717, 1.165) is 5.56 Å². The molecule has 4 rings (SSSR count). The van der Waals surface area contributed by atoms with E-state index in [0.29, 0.717) is 27.9 Å². The highest BCUT2D eigenvalue weighted by atomic mass is 35.5. The van der Waals surface area contributed by atoms with Crippen molar-refractivity contribution in [3.8, 4) is 11.4 Å². The summed E-state index contributed by atoms with van der Waals surface area (Å²) in [4.78, 5) is 19.8. The van der Waals surface area contributed by atoms with Crippen LogP contribution in [0.25, 0.3) is 17.2 Å². The van der Waals surface area contributed by atoms with Crippen LogP contribution in [0.1, 0.15) is 17.4 Å². The molecule has 142 valence electrons. The quantitative estimate of drug-likeness (QED) is 0.522. The molecule has 2 aromatic heterocycles. The topological polar surface area (TPSA) is 92.5 Å². The Labute approximate surface area is 165 Å². The van der Waals surface area contributed by atoms with Gasteiger partial charge in [-0.15, -0.1) is 5.10 Å². The summed E-state index contributed by atoms with van der Waals surface area (Å²) in [6.07, 6.45) is -0.605. The molecule has 0 aliphatic heterocycles. The molecule has 0 fully saturated rings. The lowest BCUT2D eigenvalue weighted by Gasteiger charge is -2.17. The smallest absolute Gasteiger partial charge is 0.275 e. The van der Waals surface area contributed by atoms with Gasteiger partial charge in [0, 0.05) is 27.9 Å². The summed E-state index contributed by atoms with van der Waals surface area (Å²) in [5.74, 6) is 0.777. The molecule has 0 amide bonds. The van der Waals surface area contributed by atoms with Crippen LogP contribution >= 0.6 is 11.6 Å². The van der Waals surface area contributed by atoms with Gasteiger partial charge in [0.2, 0.25) is 5.78 Å². The number of hydrogen-bond acceptors (Lipinski definition) is 5. The number of rotatable bonds is 6. The average molecular weight is 397 g/mol. The number of fused-ring (bicyclic) bond motifs is 1. The highest BCUT2D eigenvalue weighted by Crippen LogP contribution is 2.25. The van der Waals surface area contributed by atoms with Crippen molar-refractivity contribution in [2.45, 2.75) is 12.7 Å². The van der Waals surface area contributed by atoms with Crippen molar-refractivity contribution < 1.29 is 9.84 Å². The Morgan fingerprint density at radius 2 is 1.89 bits per heavy atom. The maximum atomic E-state index is 12.4. The fourth-order valence-corrected chi connectivity index (χ4v) is 3.15. The first-order valence-corrected chi connectivity index (χ1v) is 9.05. The molecule has 0 bridgehead atoms. The maximum absolute atomic E-state index is 12.4. The zero-order valence-corrected chi connectivity index (χ0v) is 15.5. The lowest BCUT2D eigenvalue weighted by Crippen LogP contribution is -2.17. The van der Waals surface area contributed by atoms with Crippen LogP contribution in [0.2, 0.25) is 5.02 Å². The number of hydrogen-bond donors (Lipinski definition) is 2. The number of aromatic amines is 1. The molecule has 0 aliphatic carbocycles. The number of nitrogens with one attached hydrogen (secondary N) is 1. The molecule has 2 heterocycles.